The maximum atomic E-state index is 12.2. The molecule has 0 radical (unpaired) electrons. The van der Waals surface area contributed by atoms with E-state index >= 15 is 0 Å². The van der Waals surface area contributed by atoms with Crippen LogP contribution in [0, 0.1) is 0 Å². The number of amides is 1. The summed E-state index contributed by atoms with van der Waals surface area (Å²) in [5.74, 6) is -1.01. The summed E-state index contributed by atoms with van der Waals surface area (Å²) in [5.41, 5.74) is 1.20. The Morgan fingerprint density at radius 1 is 1.22 bits per heavy atom. The Hall–Kier alpha value is -3.00. The lowest BCUT2D eigenvalue weighted by atomic mass is 10.2. The molecule has 0 bridgehead atoms. The predicted octanol–water partition coefficient (Wildman–Crippen LogP) is 2.65. The van der Waals surface area contributed by atoms with Gasteiger partial charge >= 0.3 is 5.97 Å². The number of ether oxygens (including phenoxy) is 1. The van der Waals surface area contributed by atoms with Crippen LogP contribution in [0.1, 0.15) is 20.7 Å². The Bertz CT molecular complexity index is 907. The van der Waals surface area contributed by atoms with E-state index in [0.29, 0.717) is 26.8 Å². The van der Waals surface area contributed by atoms with E-state index in [2.05, 4.69) is 15.3 Å². The van der Waals surface area contributed by atoms with Crippen LogP contribution in [0.15, 0.2) is 36.5 Å². The largest absolute Gasteiger partial charge is 0.481 e. The van der Waals surface area contributed by atoms with Crippen molar-refractivity contribution in [2.45, 2.75) is 0 Å². The minimum atomic E-state index is -1.00. The second-order valence-electron chi connectivity index (χ2n) is 4.55. The van der Waals surface area contributed by atoms with Crippen molar-refractivity contribution < 1.29 is 19.4 Å². The number of carboxylic acid groups (broad SMARTS) is 1. The molecule has 0 atom stereocenters. The van der Waals surface area contributed by atoms with Crippen LogP contribution >= 0.6 is 11.3 Å². The van der Waals surface area contributed by atoms with Gasteiger partial charge in [0.05, 0.1) is 22.9 Å². The Morgan fingerprint density at radius 2 is 2.04 bits per heavy atom. The zero-order valence-corrected chi connectivity index (χ0v) is 12.8. The number of thiazole rings is 1. The highest BCUT2D eigenvalue weighted by Gasteiger charge is 2.12. The summed E-state index contributed by atoms with van der Waals surface area (Å²) in [7, 11) is 1.47. The maximum absolute atomic E-state index is 12.2. The van der Waals surface area contributed by atoms with Gasteiger partial charge in [0, 0.05) is 17.8 Å². The highest BCUT2D eigenvalue weighted by molar-refractivity contribution is 7.22. The number of fused-ring (bicyclic) bond motifs is 1. The summed E-state index contributed by atoms with van der Waals surface area (Å²) in [5, 5.41) is 12.1. The van der Waals surface area contributed by atoms with Gasteiger partial charge in [-0.3, -0.25) is 10.1 Å². The molecule has 3 aromatic rings. The normalized spacial score (nSPS) is 10.5. The van der Waals surface area contributed by atoms with Gasteiger partial charge in [-0.25, -0.2) is 14.8 Å². The number of aromatic nitrogens is 2. The molecule has 0 aliphatic rings. The van der Waals surface area contributed by atoms with E-state index in [1.165, 1.54) is 42.8 Å². The SMILES string of the molecule is COc1cc(C(=O)Nc2nc3ccc(C(=O)O)cc3s2)ccn1. The first-order valence-corrected chi connectivity index (χ1v) is 7.34. The maximum Gasteiger partial charge on any atom is 0.335 e. The van der Waals surface area contributed by atoms with E-state index in [0.717, 1.165) is 0 Å². The molecule has 0 unspecified atom stereocenters. The Labute approximate surface area is 134 Å². The summed E-state index contributed by atoms with van der Waals surface area (Å²) in [4.78, 5) is 31.4. The summed E-state index contributed by atoms with van der Waals surface area (Å²) in [6.07, 6.45) is 1.48. The minimum Gasteiger partial charge on any atom is -0.481 e. The number of nitrogens with zero attached hydrogens (tertiary/aromatic N) is 2. The van der Waals surface area contributed by atoms with Gasteiger partial charge in [0.2, 0.25) is 5.88 Å². The number of benzene rings is 1. The summed E-state index contributed by atoms with van der Waals surface area (Å²) in [6, 6.07) is 7.70. The summed E-state index contributed by atoms with van der Waals surface area (Å²) < 4.78 is 5.67. The third-order valence-electron chi connectivity index (χ3n) is 3.06. The third-order valence-corrected chi connectivity index (χ3v) is 4.00. The molecule has 1 amide bonds. The van der Waals surface area contributed by atoms with Crippen LogP contribution in [-0.4, -0.2) is 34.1 Å². The number of hydrogen-bond acceptors (Lipinski definition) is 6. The second kappa shape index (κ2) is 6.01. The Morgan fingerprint density at radius 3 is 2.78 bits per heavy atom. The average Bonchev–Trinajstić information content (AvgIpc) is 2.96. The second-order valence-corrected chi connectivity index (χ2v) is 5.58. The monoisotopic (exact) mass is 329 g/mol. The number of pyridine rings is 1. The van der Waals surface area contributed by atoms with E-state index < -0.39 is 5.97 Å². The molecule has 0 aliphatic carbocycles. The van der Waals surface area contributed by atoms with E-state index in [4.69, 9.17) is 9.84 Å². The van der Waals surface area contributed by atoms with Crippen LogP contribution < -0.4 is 10.1 Å². The number of rotatable bonds is 4. The standard InChI is InChI=1S/C15H11N3O4S/c1-22-12-7-8(4-5-16-12)13(19)18-15-17-10-3-2-9(14(20)21)6-11(10)23-15/h2-7H,1H3,(H,20,21)(H,17,18,19). The van der Waals surface area contributed by atoms with Crippen LogP contribution in [-0.2, 0) is 0 Å². The van der Waals surface area contributed by atoms with Crippen LogP contribution in [0.5, 0.6) is 5.88 Å². The van der Waals surface area contributed by atoms with E-state index in [-0.39, 0.29) is 11.5 Å². The van der Waals surface area contributed by atoms with Gasteiger partial charge in [-0.05, 0) is 24.3 Å². The molecule has 0 saturated heterocycles. The number of nitrogens with one attached hydrogen (secondary N) is 1. The van der Waals surface area contributed by atoms with Gasteiger partial charge in [-0.1, -0.05) is 11.3 Å². The van der Waals surface area contributed by atoms with E-state index in [9.17, 15) is 9.59 Å². The fourth-order valence-electron chi connectivity index (χ4n) is 1.94. The fourth-order valence-corrected chi connectivity index (χ4v) is 2.84. The molecule has 7 nitrogen and oxygen atoms in total. The number of aromatic carboxylic acids is 1. The highest BCUT2D eigenvalue weighted by Crippen LogP contribution is 2.27. The van der Waals surface area contributed by atoms with Crippen molar-refractivity contribution in [1.82, 2.24) is 9.97 Å². The molecular weight excluding hydrogens is 318 g/mol. The molecule has 0 aliphatic heterocycles. The van der Waals surface area contributed by atoms with Crippen molar-refractivity contribution in [1.29, 1.82) is 0 Å². The molecule has 2 N–H and O–H groups in total. The van der Waals surface area contributed by atoms with Gasteiger partial charge in [-0.2, -0.15) is 0 Å². The third kappa shape index (κ3) is 3.11. The minimum absolute atomic E-state index is 0.179. The Balaban J connectivity index is 1.85. The van der Waals surface area contributed by atoms with Gasteiger partial charge in [0.25, 0.3) is 5.91 Å². The van der Waals surface area contributed by atoms with Gasteiger partial charge in [0.1, 0.15) is 0 Å². The number of anilines is 1. The first-order valence-electron chi connectivity index (χ1n) is 6.52. The van der Waals surface area contributed by atoms with Gasteiger partial charge in [0.15, 0.2) is 5.13 Å². The lowest BCUT2D eigenvalue weighted by Crippen LogP contribution is -2.11. The lowest BCUT2D eigenvalue weighted by molar-refractivity contribution is 0.0697. The van der Waals surface area contributed by atoms with Crippen LogP contribution in [0.25, 0.3) is 10.2 Å². The molecule has 0 spiro atoms. The lowest BCUT2D eigenvalue weighted by Gasteiger charge is -2.03. The predicted molar refractivity (Wildman–Crippen MR) is 85.3 cm³/mol. The smallest absolute Gasteiger partial charge is 0.335 e. The zero-order valence-electron chi connectivity index (χ0n) is 11.9. The van der Waals surface area contributed by atoms with Gasteiger partial charge in [-0.15, -0.1) is 0 Å². The molecular formula is C15H11N3O4S. The number of carbonyl (C=O) groups is 2. The molecule has 0 fully saturated rings. The van der Waals surface area contributed by atoms with Gasteiger partial charge < -0.3 is 9.84 Å². The highest BCUT2D eigenvalue weighted by atomic mass is 32.1. The number of carboxylic acids is 1. The molecule has 8 heteroatoms. The molecule has 2 heterocycles. The van der Waals surface area contributed by atoms with Crippen molar-refractivity contribution in [2.24, 2.45) is 0 Å². The van der Waals surface area contributed by atoms with Crippen molar-refractivity contribution in [3.8, 4) is 5.88 Å². The summed E-state index contributed by atoms with van der Waals surface area (Å²) in [6.45, 7) is 0. The van der Waals surface area contributed by atoms with Crippen LogP contribution in [0.2, 0.25) is 0 Å². The van der Waals surface area contributed by atoms with Crippen LogP contribution in [0.4, 0.5) is 5.13 Å². The molecule has 23 heavy (non-hydrogen) atoms. The topological polar surface area (TPSA) is 101 Å². The molecule has 2 aromatic heterocycles. The average molecular weight is 329 g/mol. The molecule has 3 rings (SSSR count). The molecule has 1 aromatic carbocycles. The number of carbonyl (C=O) groups excluding carboxylic acids is 1. The Kier molecular flexibility index (Phi) is 3.90. The number of hydrogen-bond donors (Lipinski definition) is 2. The summed E-state index contributed by atoms with van der Waals surface area (Å²) >= 11 is 1.21. The van der Waals surface area contributed by atoms with Crippen molar-refractivity contribution in [3.63, 3.8) is 0 Å². The van der Waals surface area contributed by atoms with Crippen molar-refractivity contribution in [2.75, 3.05) is 12.4 Å². The quantitative estimate of drug-likeness (QED) is 0.763. The van der Waals surface area contributed by atoms with Crippen molar-refractivity contribution >= 4 is 38.6 Å². The van der Waals surface area contributed by atoms with Crippen molar-refractivity contribution in [3.05, 3.63) is 47.7 Å². The first kappa shape index (κ1) is 14.9. The van der Waals surface area contributed by atoms with Crippen LogP contribution in [0.3, 0.4) is 0 Å². The first-order chi connectivity index (χ1) is 11.1. The molecule has 116 valence electrons. The number of methoxy groups -OCH3 is 1. The zero-order chi connectivity index (χ0) is 16.4. The van der Waals surface area contributed by atoms with E-state index in [1.807, 2.05) is 0 Å². The fraction of sp³-hybridized carbons (Fsp3) is 0.0667. The van der Waals surface area contributed by atoms with E-state index in [1.54, 1.807) is 12.1 Å². The molecule has 0 saturated carbocycles.